The third-order valence-corrected chi connectivity index (χ3v) is 4.88. The smallest absolute Gasteiger partial charge is 0.320 e. The maximum Gasteiger partial charge on any atom is 0.320 e. The maximum atomic E-state index is 11.6. The minimum Gasteiger partial charge on any atom is -0.481 e. The van der Waals surface area contributed by atoms with Gasteiger partial charge in [0, 0.05) is 24.8 Å². The van der Waals surface area contributed by atoms with Crippen molar-refractivity contribution < 1.29 is 14.6 Å². The van der Waals surface area contributed by atoms with E-state index < -0.39 is 5.97 Å². The molecule has 2 fully saturated rings. The van der Waals surface area contributed by atoms with Crippen LogP contribution in [0.2, 0.25) is 0 Å². The van der Waals surface area contributed by atoms with Crippen LogP contribution >= 0.6 is 0 Å². The second kappa shape index (κ2) is 6.02. The number of aliphatic carboxylic acids is 1. The van der Waals surface area contributed by atoms with Crippen molar-refractivity contribution in [2.45, 2.75) is 50.7 Å². The van der Waals surface area contributed by atoms with E-state index in [0.717, 1.165) is 18.4 Å². The molecule has 3 rings (SSSR count). The van der Waals surface area contributed by atoms with Gasteiger partial charge in [0.2, 0.25) is 5.88 Å². The van der Waals surface area contributed by atoms with Crippen molar-refractivity contribution in [3.63, 3.8) is 0 Å². The van der Waals surface area contributed by atoms with Gasteiger partial charge in [-0.2, -0.15) is 0 Å². The highest BCUT2D eigenvalue weighted by Crippen LogP contribution is 2.40. The van der Waals surface area contributed by atoms with E-state index in [1.54, 1.807) is 13.3 Å². The predicted molar refractivity (Wildman–Crippen MR) is 78.1 cm³/mol. The predicted octanol–water partition coefficient (Wildman–Crippen LogP) is 2.31. The van der Waals surface area contributed by atoms with Gasteiger partial charge in [-0.3, -0.25) is 9.69 Å². The van der Waals surface area contributed by atoms with E-state index in [2.05, 4.69) is 9.88 Å². The average molecular weight is 290 g/mol. The largest absolute Gasteiger partial charge is 0.481 e. The Bertz CT molecular complexity index is 503. The van der Waals surface area contributed by atoms with Gasteiger partial charge in [0.1, 0.15) is 6.04 Å². The van der Waals surface area contributed by atoms with E-state index in [4.69, 9.17) is 4.74 Å². The molecule has 2 aliphatic rings. The van der Waals surface area contributed by atoms with Crippen LogP contribution < -0.4 is 4.74 Å². The Balaban J connectivity index is 1.77. The quantitative estimate of drug-likeness (QED) is 0.922. The molecule has 1 aromatic rings. The van der Waals surface area contributed by atoms with Crippen LogP contribution in [-0.2, 0) is 11.3 Å². The highest BCUT2D eigenvalue weighted by Gasteiger charge is 2.44. The third kappa shape index (κ3) is 2.88. The number of carbonyl (C=O) groups is 1. The lowest BCUT2D eigenvalue weighted by Gasteiger charge is -2.32. The van der Waals surface area contributed by atoms with Crippen molar-refractivity contribution in [2.75, 3.05) is 7.11 Å². The van der Waals surface area contributed by atoms with Crippen molar-refractivity contribution in [1.29, 1.82) is 0 Å². The van der Waals surface area contributed by atoms with Gasteiger partial charge in [0.05, 0.1) is 7.11 Å². The molecule has 0 aromatic carbocycles. The lowest BCUT2D eigenvalue weighted by atomic mass is 9.84. The highest BCUT2D eigenvalue weighted by atomic mass is 16.5. The summed E-state index contributed by atoms with van der Waals surface area (Å²) in [5.74, 6) is 0.447. The molecule has 0 spiro atoms. The zero-order valence-electron chi connectivity index (χ0n) is 12.4. The van der Waals surface area contributed by atoms with Crippen LogP contribution in [0.1, 0.15) is 37.7 Å². The van der Waals surface area contributed by atoms with Gasteiger partial charge in [0.25, 0.3) is 0 Å². The van der Waals surface area contributed by atoms with Gasteiger partial charge in [-0.15, -0.1) is 0 Å². The monoisotopic (exact) mass is 290 g/mol. The molecule has 1 N–H and O–H groups in total. The summed E-state index contributed by atoms with van der Waals surface area (Å²) in [4.78, 5) is 18.0. The summed E-state index contributed by atoms with van der Waals surface area (Å²) < 4.78 is 5.07. The van der Waals surface area contributed by atoms with Crippen LogP contribution in [0.3, 0.4) is 0 Å². The van der Waals surface area contributed by atoms with Crippen molar-refractivity contribution in [2.24, 2.45) is 5.92 Å². The van der Waals surface area contributed by atoms with Crippen LogP contribution in [0.5, 0.6) is 5.88 Å². The zero-order valence-corrected chi connectivity index (χ0v) is 12.4. The SMILES string of the molecule is COc1ccc(CN2C(C(=O)O)CC3CCCCC32)cn1. The highest BCUT2D eigenvalue weighted by molar-refractivity contribution is 5.74. The minimum absolute atomic E-state index is 0.347. The van der Waals surface area contributed by atoms with E-state index in [1.165, 1.54) is 19.3 Å². The van der Waals surface area contributed by atoms with Gasteiger partial charge >= 0.3 is 5.97 Å². The molecular formula is C16H22N2O3. The summed E-state index contributed by atoms with van der Waals surface area (Å²) in [6.07, 6.45) is 7.33. The Morgan fingerprint density at radius 1 is 1.43 bits per heavy atom. The molecule has 0 radical (unpaired) electrons. The first kappa shape index (κ1) is 14.3. The summed E-state index contributed by atoms with van der Waals surface area (Å²) in [7, 11) is 1.59. The number of hydrogen-bond donors (Lipinski definition) is 1. The van der Waals surface area contributed by atoms with Crippen LogP contribution in [0.15, 0.2) is 18.3 Å². The van der Waals surface area contributed by atoms with Crippen LogP contribution in [0.4, 0.5) is 0 Å². The number of aromatic nitrogens is 1. The number of ether oxygens (including phenoxy) is 1. The number of methoxy groups -OCH3 is 1. The second-order valence-corrected chi connectivity index (χ2v) is 6.08. The normalized spacial score (nSPS) is 29.1. The Kier molecular flexibility index (Phi) is 4.10. The number of rotatable bonds is 4. The number of hydrogen-bond acceptors (Lipinski definition) is 4. The van der Waals surface area contributed by atoms with E-state index in [-0.39, 0.29) is 6.04 Å². The molecule has 2 heterocycles. The fourth-order valence-corrected chi connectivity index (χ4v) is 3.86. The van der Waals surface area contributed by atoms with Crippen molar-refractivity contribution in [1.82, 2.24) is 9.88 Å². The molecule has 1 aromatic heterocycles. The molecule has 114 valence electrons. The molecule has 5 heteroatoms. The first-order chi connectivity index (χ1) is 10.2. The molecule has 1 aliphatic carbocycles. The number of carboxylic acid groups (broad SMARTS) is 1. The third-order valence-electron chi connectivity index (χ3n) is 4.88. The molecule has 1 saturated heterocycles. The average Bonchev–Trinajstić information content (AvgIpc) is 2.87. The first-order valence-corrected chi connectivity index (χ1v) is 7.66. The molecule has 21 heavy (non-hydrogen) atoms. The Labute approximate surface area is 124 Å². The van der Waals surface area contributed by atoms with Crippen LogP contribution in [-0.4, -0.2) is 40.2 Å². The number of likely N-dealkylation sites (tertiary alicyclic amines) is 1. The standard InChI is InChI=1S/C16H22N2O3/c1-21-15-7-6-11(9-17-15)10-18-13-5-3-2-4-12(13)8-14(18)16(19)20/h6-7,9,12-14H,2-5,8,10H2,1H3,(H,19,20). The molecular weight excluding hydrogens is 268 g/mol. The van der Waals surface area contributed by atoms with E-state index in [1.807, 2.05) is 12.1 Å². The van der Waals surface area contributed by atoms with Crippen LogP contribution in [0.25, 0.3) is 0 Å². The number of carboxylic acids is 1. The Morgan fingerprint density at radius 2 is 2.24 bits per heavy atom. The van der Waals surface area contributed by atoms with Gasteiger partial charge < -0.3 is 9.84 Å². The summed E-state index contributed by atoms with van der Waals surface area (Å²) in [6.45, 7) is 0.662. The summed E-state index contributed by atoms with van der Waals surface area (Å²) >= 11 is 0. The first-order valence-electron chi connectivity index (χ1n) is 7.66. The number of pyridine rings is 1. The second-order valence-electron chi connectivity index (χ2n) is 6.08. The fourth-order valence-electron chi connectivity index (χ4n) is 3.86. The molecule has 0 amide bonds. The van der Waals surface area contributed by atoms with E-state index >= 15 is 0 Å². The molecule has 3 unspecified atom stereocenters. The van der Waals surface area contributed by atoms with E-state index in [9.17, 15) is 9.90 Å². The van der Waals surface area contributed by atoms with Gasteiger partial charge in [-0.05, 0) is 30.7 Å². The molecule has 0 bridgehead atoms. The summed E-state index contributed by atoms with van der Waals surface area (Å²) in [5.41, 5.74) is 1.05. The minimum atomic E-state index is -0.689. The Hall–Kier alpha value is -1.62. The lowest BCUT2D eigenvalue weighted by molar-refractivity contribution is -0.142. The van der Waals surface area contributed by atoms with Gasteiger partial charge in [-0.25, -0.2) is 4.98 Å². The van der Waals surface area contributed by atoms with Gasteiger partial charge in [0.15, 0.2) is 0 Å². The summed E-state index contributed by atoms with van der Waals surface area (Å²) in [6, 6.07) is 3.88. The molecule has 5 nitrogen and oxygen atoms in total. The van der Waals surface area contributed by atoms with Gasteiger partial charge in [-0.1, -0.05) is 18.9 Å². The van der Waals surface area contributed by atoms with Crippen LogP contribution in [0, 0.1) is 5.92 Å². The van der Waals surface area contributed by atoms with E-state index in [0.29, 0.717) is 24.4 Å². The number of nitrogens with zero attached hydrogens (tertiary/aromatic N) is 2. The maximum absolute atomic E-state index is 11.6. The molecule has 1 aliphatic heterocycles. The zero-order chi connectivity index (χ0) is 14.8. The molecule has 1 saturated carbocycles. The Morgan fingerprint density at radius 3 is 2.90 bits per heavy atom. The van der Waals surface area contributed by atoms with Crippen molar-refractivity contribution >= 4 is 5.97 Å². The lowest BCUT2D eigenvalue weighted by Crippen LogP contribution is -2.41. The molecule has 3 atom stereocenters. The van der Waals surface area contributed by atoms with Crippen molar-refractivity contribution in [3.05, 3.63) is 23.9 Å². The summed E-state index contributed by atoms with van der Waals surface area (Å²) in [5, 5.41) is 9.51. The van der Waals surface area contributed by atoms with Crippen molar-refractivity contribution in [3.8, 4) is 5.88 Å². The number of fused-ring (bicyclic) bond motifs is 1. The fraction of sp³-hybridized carbons (Fsp3) is 0.625. The topological polar surface area (TPSA) is 62.7 Å².